The summed E-state index contributed by atoms with van der Waals surface area (Å²) >= 11 is 0. The average Bonchev–Trinajstić information content (AvgIpc) is 2.46. The largest absolute Gasteiger partial charge is 0.412 e. The summed E-state index contributed by atoms with van der Waals surface area (Å²) in [4.78, 5) is 5.74. The van der Waals surface area contributed by atoms with Crippen molar-refractivity contribution in [3.05, 3.63) is 0 Å². The van der Waals surface area contributed by atoms with Crippen molar-refractivity contribution in [2.24, 2.45) is 11.8 Å². The second-order valence-electron chi connectivity index (χ2n) is 7.32. The van der Waals surface area contributed by atoms with Crippen molar-refractivity contribution in [3.8, 4) is 0 Å². The van der Waals surface area contributed by atoms with Gasteiger partial charge in [0.05, 0.1) is 0 Å². The Labute approximate surface area is 160 Å². The molecule has 2 bridgehead atoms. The summed E-state index contributed by atoms with van der Waals surface area (Å²) in [5.74, 6) is 2.03. The lowest BCUT2D eigenvalue weighted by molar-refractivity contribution is -0.0718. The molecule has 0 aromatic heterocycles. The average molecular weight is 423 g/mol. The van der Waals surface area contributed by atoms with Gasteiger partial charge in [-0.3, -0.25) is 18.9 Å². The van der Waals surface area contributed by atoms with E-state index >= 15 is 0 Å². The number of rotatable bonds is 0. The summed E-state index contributed by atoms with van der Waals surface area (Å²) in [6.07, 6.45) is 10.5. The quantitative estimate of drug-likeness (QED) is 0.402. The van der Waals surface area contributed by atoms with Gasteiger partial charge in [-0.2, -0.15) is 8.42 Å². The SMILES string of the molecule is C1CCN2CC3CC(CN4CCCC[C@@H]34)[C@H]2C1.O.O.O.O.O.O=S(=O)(O)O. The molecule has 4 fully saturated rings. The van der Waals surface area contributed by atoms with Gasteiger partial charge in [0.2, 0.25) is 0 Å². The van der Waals surface area contributed by atoms with E-state index in [9.17, 15) is 0 Å². The Morgan fingerprint density at radius 3 is 1.33 bits per heavy atom. The Hall–Kier alpha value is -0.410. The van der Waals surface area contributed by atoms with E-state index in [2.05, 4.69) is 9.80 Å². The van der Waals surface area contributed by atoms with Gasteiger partial charge >= 0.3 is 10.4 Å². The molecule has 12 heteroatoms. The normalized spacial score (nSPS) is 31.9. The molecule has 4 aliphatic heterocycles. The molecule has 0 radical (unpaired) electrons. The standard InChI is InChI=1S/C15H26N2.H2O4S.5H2O/c1-3-7-16-11-13-9-12(14(16)5-1)10-17-8-4-2-6-15(13)17;1-5(2,3)4;;;;;/h12-15H,1-11H2;(H2,1,2,3,4);5*1H2/t12?,13?,14-,15+;;;;;;. The molecule has 11 nitrogen and oxygen atoms in total. The Bertz CT molecular complexity index is 458. The van der Waals surface area contributed by atoms with Gasteiger partial charge < -0.3 is 27.4 Å². The van der Waals surface area contributed by atoms with Gasteiger partial charge in [0, 0.05) is 25.2 Å². The molecule has 0 aromatic carbocycles. The number of hydrogen-bond donors (Lipinski definition) is 2. The predicted octanol–water partition coefficient (Wildman–Crippen LogP) is -2.43. The maximum Gasteiger partial charge on any atom is 0.394 e. The van der Waals surface area contributed by atoms with Crippen LogP contribution in [-0.4, -0.2) is 93.0 Å². The summed E-state index contributed by atoms with van der Waals surface area (Å²) in [6.45, 7) is 5.68. The minimum absolute atomic E-state index is 0. The Balaban J connectivity index is -0.000000524. The fraction of sp³-hybridized carbons (Fsp3) is 1.00. The molecule has 0 spiro atoms. The fourth-order valence-corrected chi connectivity index (χ4v) is 5.25. The first-order valence-electron chi connectivity index (χ1n) is 8.60. The van der Waals surface area contributed by atoms with E-state index in [-0.39, 0.29) is 27.4 Å². The van der Waals surface area contributed by atoms with Crippen LogP contribution in [0.15, 0.2) is 0 Å². The number of hydrogen-bond acceptors (Lipinski definition) is 4. The molecule has 4 heterocycles. The third-order valence-corrected chi connectivity index (χ3v) is 5.96. The van der Waals surface area contributed by atoms with E-state index in [1.165, 1.54) is 64.7 Å². The van der Waals surface area contributed by atoms with E-state index < -0.39 is 10.4 Å². The predicted molar refractivity (Wildman–Crippen MR) is 102 cm³/mol. The van der Waals surface area contributed by atoms with Gasteiger partial charge in [-0.25, -0.2) is 0 Å². The maximum atomic E-state index is 8.74. The van der Waals surface area contributed by atoms with Crippen LogP contribution in [0.1, 0.15) is 44.9 Å². The fourth-order valence-electron chi connectivity index (χ4n) is 5.25. The Kier molecular flexibility index (Phi) is 15.0. The molecule has 0 amide bonds. The van der Waals surface area contributed by atoms with Crippen LogP contribution in [0.25, 0.3) is 0 Å². The molecule has 27 heavy (non-hydrogen) atoms. The zero-order chi connectivity index (χ0) is 15.7. The van der Waals surface area contributed by atoms with Gasteiger partial charge in [-0.05, 0) is 57.0 Å². The summed E-state index contributed by atoms with van der Waals surface area (Å²) in [7, 11) is -4.67. The molecule has 4 rings (SSSR count). The molecule has 168 valence electrons. The Morgan fingerprint density at radius 1 is 0.667 bits per heavy atom. The van der Waals surface area contributed by atoms with Crippen LogP contribution < -0.4 is 0 Å². The summed E-state index contributed by atoms with van der Waals surface area (Å²) in [5.41, 5.74) is 0. The highest BCUT2D eigenvalue weighted by atomic mass is 32.3. The van der Waals surface area contributed by atoms with Gasteiger partial charge in [0.25, 0.3) is 0 Å². The van der Waals surface area contributed by atoms with Crippen LogP contribution in [0.3, 0.4) is 0 Å². The second-order valence-corrected chi connectivity index (χ2v) is 8.22. The Morgan fingerprint density at radius 2 is 1.00 bits per heavy atom. The van der Waals surface area contributed by atoms with E-state index in [4.69, 9.17) is 17.5 Å². The van der Waals surface area contributed by atoms with Crippen LogP contribution in [0.5, 0.6) is 0 Å². The molecule has 4 atom stereocenters. The second kappa shape index (κ2) is 12.9. The van der Waals surface area contributed by atoms with Crippen LogP contribution in [-0.2, 0) is 10.4 Å². The molecule has 12 N–H and O–H groups in total. The van der Waals surface area contributed by atoms with Crippen molar-refractivity contribution >= 4 is 10.4 Å². The van der Waals surface area contributed by atoms with Crippen molar-refractivity contribution in [2.75, 3.05) is 26.2 Å². The maximum absolute atomic E-state index is 8.74. The van der Waals surface area contributed by atoms with Crippen molar-refractivity contribution in [3.63, 3.8) is 0 Å². The van der Waals surface area contributed by atoms with E-state index in [1.807, 2.05) is 0 Å². The first-order chi connectivity index (χ1) is 10.4. The lowest BCUT2D eigenvalue weighted by atomic mass is 9.71. The van der Waals surface area contributed by atoms with Gasteiger partial charge in [-0.1, -0.05) is 12.8 Å². The molecular formula is C15H38N2O9S. The van der Waals surface area contributed by atoms with E-state index in [0.717, 1.165) is 23.9 Å². The number of fused-ring (bicyclic) bond motifs is 6. The molecule has 0 aliphatic carbocycles. The van der Waals surface area contributed by atoms with Crippen LogP contribution in [0.4, 0.5) is 0 Å². The molecular weight excluding hydrogens is 384 g/mol. The van der Waals surface area contributed by atoms with Crippen molar-refractivity contribution < 1.29 is 44.9 Å². The van der Waals surface area contributed by atoms with Crippen molar-refractivity contribution in [1.29, 1.82) is 0 Å². The van der Waals surface area contributed by atoms with Crippen molar-refractivity contribution in [1.82, 2.24) is 9.80 Å². The number of nitrogens with zero attached hydrogens (tertiary/aromatic N) is 2. The molecule has 0 aromatic rings. The zero-order valence-electron chi connectivity index (χ0n) is 15.6. The number of piperidine rings is 4. The first kappa shape index (κ1) is 31.3. The highest BCUT2D eigenvalue weighted by Crippen LogP contribution is 2.42. The monoisotopic (exact) mass is 422 g/mol. The van der Waals surface area contributed by atoms with E-state index in [0.29, 0.717) is 0 Å². The lowest BCUT2D eigenvalue weighted by Gasteiger charge is -2.57. The summed E-state index contributed by atoms with van der Waals surface area (Å²) in [6, 6.07) is 1.92. The van der Waals surface area contributed by atoms with E-state index in [1.54, 1.807) is 6.42 Å². The van der Waals surface area contributed by atoms with Gasteiger partial charge in [-0.15, -0.1) is 0 Å². The third kappa shape index (κ3) is 8.23. The van der Waals surface area contributed by atoms with Gasteiger partial charge in [0.15, 0.2) is 0 Å². The molecule has 4 aliphatic rings. The lowest BCUT2D eigenvalue weighted by Crippen LogP contribution is -2.63. The third-order valence-electron chi connectivity index (χ3n) is 5.96. The highest BCUT2D eigenvalue weighted by Gasteiger charge is 2.46. The zero-order valence-corrected chi connectivity index (χ0v) is 16.4. The minimum atomic E-state index is -4.67. The van der Waals surface area contributed by atoms with Crippen molar-refractivity contribution in [2.45, 2.75) is 57.0 Å². The highest BCUT2D eigenvalue weighted by molar-refractivity contribution is 7.79. The summed E-state index contributed by atoms with van der Waals surface area (Å²) < 4.78 is 31.6. The van der Waals surface area contributed by atoms with Gasteiger partial charge in [0.1, 0.15) is 0 Å². The topological polar surface area (TPSA) is 239 Å². The smallest absolute Gasteiger partial charge is 0.394 e. The minimum Gasteiger partial charge on any atom is -0.412 e. The molecule has 0 saturated carbocycles. The van der Waals surface area contributed by atoms with Crippen LogP contribution in [0.2, 0.25) is 0 Å². The molecule has 2 unspecified atom stereocenters. The summed E-state index contributed by atoms with van der Waals surface area (Å²) in [5, 5.41) is 0. The van der Waals surface area contributed by atoms with Crippen LogP contribution in [0, 0.1) is 11.8 Å². The first-order valence-corrected chi connectivity index (χ1v) is 9.99. The van der Waals surface area contributed by atoms with Crippen LogP contribution >= 0.6 is 0 Å². The molecule has 4 saturated heterocycles.